The lowest BCUT2D eigenvalue weighted by Gasteiger charge is -2.18. The maximum atomic E-state index is 13.4. The van der Waals surface area contributed by atoms with E-state index in [0.717, 1.165) is 39.0 Å². The highest BCUT2D eigenvalue weighted by Gasteiger charge is 2.24. The number of para-hydroxylation sites is 2. The van der Waals surface area contributed by atoms with Crippen LogP contribution in [0.2, 0.25) is 0 Å². The Kier molecular flexibility index (Phi) is 5.72. The zero-order chi connectivity index (χ0) is 24.7. The van der Waals surface area contributed by atoms with Crippen molar-refractivity contribution in [3.63, 3.8) is 0 Å². The van der Waals surface area contributed by atoms with Crippen LogP contribution in [-0.2, 0) is 13.1 Å². The molecule has 4 aromatic heterocycles. The second kappa shape index (κ2) is 8.87. The van der Waals surface area contributed by atoms with Crippen molar-refractivity contribution in [2.24, 2.45) is 0 Å². The number of hydrogen-bond donors (Lipinski definition) is 2. The average Bonchev–Trinajstić information content (AvgIpc) is 3.36. The number of imidazole rings is 1. The van der Waals surface area contributed by atoms with E-state index in [0.29, 0.717) is 17.7 Å². The molecule has 0 aliphatic heterocycles. The predicted molar refractivity (Wildman–Crippen MR) is 137 cm³/mol. The van der Waals surface area contributed by atoms with Gasteiger partial charge in [-0.05, 0) is 63.6 Å². The summed E-state index contributed by atoms with van der Waals surface area (Å²) in [5, 5.41) is 3.75. The summed E-state index contributed by atoms with van der Waals surface area (Å²) in [6.45, 7) is 8.63. The molecule has 0 saturated carbocycles. The molecule has 0 aliphatic rings. The number of aromatic nitrogens is 5. The number of aryl methyl sites for hydroxylation is 2. The number of fused-ring (bicyclic) bond motifs is 2. The third kappa shape index (κ3) is 4.01. The van der Waals surface area contributed by atoms with E-state index in [2.05, 4.69) is 42.4 Å². The highest BCUT2D eigenvalue weighted by Crippen LogP contribution is 2.29. The first kappa shape index (κ1) is 22.6. The molecular weight excluding hydrogens is 440 g/mol. The molecule has 0 aliphatic carbocycles. The number of rotatable bonds is 6. The SMILES string of the molecule is Cc1cc(C)c(CNC(=O)c2c(C)n(C(C)Cn3cnc4ccccc43)c3ncccc23)c(=O)[nH]1. The van der Waals surface area contributed by atoms with Crippen LogP contribution in [0.25, 0.3) is 22.1 Å². The Labute approximate surface area is 202 Å². The van der Waals surface area contributed by atoms with E-state index in [1.165, 1.54) is 0 Å². The Morgan fingerprint density at radius 1 is 1.11 bits per heavy atom. The summed E-state index contributed by atoms with van der Waals surface area (Å²) in [4.78, 5) is 37.7. The molecule has 0 radical (unpaired) electrons. The van der Waals surface area contributed by atoms with Crippen LogP contribution in [0.5, 0.6) is 0 Å². The van der Waals surface area contributed by atoms with E-state index in [1.54, 1.807) is 6.20 Å². The smallest absolute Gasteiger partial charge is 0.254 e. The largest absolute Gasteiger partial charge is 0.348 e. The molecule has 5 aromatic rings. The Hall–Kier alpha value is -4.20. The maximum absolute atomic E-state index is 13.4. The van der Waals surface area contributed by atoms with Gasteiger partial charge >= 0.3 is 0 Å². The molecule has 1 amide bonds. The lowest BCUT2D eigenvalue weighted by molar-refractivity contribution is 0.0951. The molecule has 35 heavy (non-hydrogen) atoms. The molecule has 0 spiro atoms. The molecule has 0 saturated heterocycles. The zero-order valence-corrected chi connectivity index (χ0v) is 20.3. The zero-order valence-electron chi connectivity index (χ0n) is 20.3. The number of carbonyl (C=O) groups is 1. The van der Waals surface area contributed by atoms with Gasteiger partial charge in [0.15, 0.2) is 0 Å². The molecule has 0 bridgehead atoms. The van der Waals surface area contributed by atoms with Crippen molar-refractivity contribution in [1.29, 1.82) is 0 Å². The molecule has 1 unspecified atom stereocenters. The van der Waals surface area contributed by atoms with Gasteiger partial charge in [0.25, 0.3) is 11.5 Å². The Bertz CT molecular complexity index is 1620. The normalized spacial score (nSPS) is 12.3. The average molecular weight is 469 g/mol. The van der Waals surface area contributed by atoms with Crippen LogP contribution in [0.4, 0.5) is 0 Å². The van der Waals surface area contributed by atoms with Crippen molar-refractivity contribution in [2.45, 2.75) is 46.8 Å². The maximum Gasteiger partial charge on any atom is 0.254 e. The van der Waals surface area contributed by atoms with Crippen molar-refractivity contribution < 1.29 is 4.79 Å². The predicted octanol–water partition coefficient (Wildman–Crippen LogP) is 4.19. The van der Waals surface area contributed by atoms with Gasteiger partial charge in [0.05, 0.1) is 29.0 Å². The molecule has 1 aromatic carbocycles. The summed E-state index contributed by atoms with van der Waals surface area (Å²) < 4.78 is 4.24. The molecule has 2 N–H and O–H groups in total. The Morgan fingerprint density at radius 2 is 1.91 bits per heavy atom. The number of amides is 1. The number of benzene rings is 1. The molecule has 1 atom stereocenters. The number of hydrogen-bond acceptors (Lipinski definition) is 4. The van der Waals surface area contributed by atoms with E-state index in [1.807, 2.05) is 63.5 Å². The van der Waals surface area contributed by atoms with Crippen molar-refractivity contribution >= 4 is 28.0 Å². The number of carbonyl (C=O) groups excluding carboxylic acids is 1. The third-order valence-corrected chi connectivity index (χ3v) is 6.58. The van der Waals surface area contributed by atoms with Crippen LogP contribution in [-0.4, -0.2) is 30.0 Å². The summed E-state index contributed by atoms with van der Waals surface area (Å²) in [5.74, 6) is -0.223. The second-order valence-electron chi connectivity index (χ2n) is 9.07. The van der Waals surface area contributed by atoms with Crippen molar-refractivity contribution in [2.75, 3.05) is 0 Å². The van der Waals surface area contributed by atoms with E-state index < -0.39 is 0 Å². The topological polar surface area (TPSA) is 97.6 Å². The molecule has 5 rings (SSSR count). The van der Waals surface area contributed by atoms with Crippen LogP contribution in [0, 0.1) is 20.8 Å². The monoisotopic (exact) mass is 468 g/mol. The Balaban J connectivity index is 1.48. The van der Waals surface area contributed by atoms with Gasteiger partial charge in [-0.2, -0.15) is 0 Å². The minimum absolute atomic E-state index is 0.0220. The second-order valence-corrected chi connectivity index (χ2v) is 9.07. The van der Waals surface area contributed by atoms with Crippen molar-refractivity contribution in [3.8, 4) is 0 Å². The summed E-state index contributed by atoms with van der Waals surface area (Å²) in [6, 6.07) is 13.7. The van der Waals surface area contributed by atoms with Crippen LogP contribution >= 0.6 is 0 Å². The quantitative estimate of drug-likeness (QED) is 0.390. The van der Waals surface area contributed by atoms with Gasteiger partial charge in [-0.15, -0.1) is 0 Å². The highest BCUT2D eigenvalue weighted by molar-refractivity contribution is 6.07. The van der Waals surface area contributed by atoms with E-state index in [9.17, 15) is 9.59 Å². The van der Waals surface area contributed by atoms with Crippen LogP contribution in [0.1, 0.15) is 45.8 Å². The molecule has 178 valence electrons. The van der Waals surface area contributed by atoms with Gasteiger partial charge in [0.1, 0.15) is 5.65 Å². The summed E-state index contributed by atoms with van der Waals surface area (Å²) in [6.07, 6.45) is 3.60. The van der Waals surface area contributed by atoms with Gasteiger partial charge < -0.3 is 19.4 Å². The first-order valence-corrected chi connectivity index (χ1v) is 11.7. The van der Waals surface area contributed by atoms with Gasteiger partial charge in [0.2, 0.25) is 0 Å². The van der Waals surface area contributed by atoms with Crippen molar-refractivity contribution in [3.05, 3.63) is 93.4 Å². The number of pyridine rings is 2. The first-order valence-electron chi connectivity index (χ1n) is 11.7. The van der Waals surface area contributed by atoms with Crippen LogP contribution < -0.4 is 10.9 Å². The number of aromatic amines is 1. The number of nitrogens with one attached hydrogen (secondary N) is 2. The fourth-order valence-corrected chi connectivity index (χ4v) is 4.96. The van der Waals surface area contributed by atoms with E-state index in [-0.39, 0.29) is 24.1 Å². The number of H-pyrrole nitrogens is 1. The molecule has 4 heterocycles. The van der Waals surface area contributed by atoms with E-state index >= 15 is 0 Å². The van der Waals surface area contributed by atoms with Gasteiger partial charge in [-0.1, -0.05) is 12.1 Å². The van der Waals surface area contributed by atoms with Crippen LogP contribution in [0.3, 0.4) is 0 Å². The molecule has 8 nitrogen and oxygen atoms in total. The lowest BCUT2D eigenvalue weighted by atomic mass is 10.1. The molecule has 8 heteroatoms. The highest BCUT2D eigenvalue weighted by atomic mass is 16.2. The van der Waals surface area contributed by atoms with Crippen molar-refractivity contribution in [1.82, 2.24) is 29.4 Å². The van der Waals surface area contributed by atoms with Gasteiger partial charge in [0, 0.05) is 41.6 Å². The summed E-state index contributed by atoms with van der Waals surface area (Å²) in [7, 11) is 0. The standard InChI is InChI=1S/C27H28N6O2/c1-16-12-17(2)31-26(34)21(16)13-29-27(35)24-19(4)33(25-20(24)8-7-11-28-25)18(3)14-32-15-30-22-9-5-6-10-23(22)32/h5-12,15,18H,13-14H2,1-4H3,(H,29,35)(H,31,34). The minimum atomic E-state index is -0.223. The molecule has 0 fully saturated rings. The van der Waals surface area contributed by atoms with Crippen LogP contribution in [0.15, 0.2) is 59.8 Å². The summed E-state index contributed by atoms with van der Waals surface area (Å²) >= 11 is 0. The lowest BCUT2D eigenvalue weighted by Crippen LogP contribution is -2.28. The van der Waals surface area contributed by atoms with E-state index in [4.69, 9.17) is 0 Å². The van der Waals surface area contributed by atoms with Gasteiger partial charge in [-0.25, -0.2) is 9.97 Å². The number of nitrogens with zero attached hydrogens (tertiary/aromatic N) is 4. The fourth-order valence-electron chi connectivity index (χ4n) is 4.96. The minimum Gasteiger partial charge on any atom is -0.348 e. The third-order valence-electron chi connectivity index (χ3n) is 6.58. The van der Waals surface area contributed by atoms with Gasteiger partial charge in [-0.3, -0.25) is 9.59 Å². The fraction of sp³-hybridized carbons (Fsp3) is 0.259. The molecular formula is C27H28N6O2. The first-order chi connectivity index (χ1) is 16.8. The summed E-state index contributed by atoms with van der Waals surface area (Å²) in [5.41, 5.74) is 6.23. The Morgan fingerprint density at radius 3 is 2.71 bits per heavy atom.